The molecule has 26 heavy (non-hydrogen) atoms. The van der Waals surface area contributed by atoms with E-state index in [0.29, 0.717) is 17.8 Å². The van der Waals surface area contributed by atoms with Crippen molar-refractivity contribution in [2.45, 2.75) is 32.1 Å². The average Bonchev–Trinajstić information content (AvgIpc) is 3.00. The van der Waals surface area contributed by atoms with E-state index in [0.717, 1.165) is 22.0 Å². The Balaban J connectivity index is 1.90. The number of hydrogen-bond donors (Lipinski definition) is 3. The van der Waals surface area contributed by atoms with Crippen molar-refractivity contribution in [3.05, 3.63) is 53.7 Å². The van der Waals surface area contributed by atoms with Crippen molar-refractivity contribution in [1.82, 2.24) is 4.98 Å². The average molecular weight is 371 g/mol. The van der Waals surface area contributed by atoms with Crippen molar-refractivity contribution in [2.24, 2.45) is 0 Å². The third-order valence-electron chi connectivity index (χ3n) is 4.25. The van der Waals surface area contributed by atoms with Gasteiger partial charge in [-0.2, -0.15) is 0 Å². The number of aromatic amines is 1. The van der Waals surface area contributed by atoms with Gasteiger partial charge < -0.3 is 10.3 Å². The molecule has 0 radical (unpaired) electrons. The number of carbonyl (C=O) groups excluding carboxylic acids is 1. The minimum Gasteiger partial charge on any atom is -0.359 e. The van der Waals surface area contributed by atoms with E-state index in [1.807, 2.05) is 26.1 Å². The van der Waals surface area contributed by atoms with Crippen LogP contribution >= 0.6 is 0 Å². The Morgan fingerprint density at radius 1 is 1.04 bits per heavy atom. The second-order valence-corrected chi connectivity index (χ2v) is 7.87. The zero-order chi connectivity index (χ0) is 18.9. The van der Waals surface area contributed by atoms with Gasteiger partial charge in [-0.15, -0.1) is 0 Å². The van der Waals surface area contributed by atoms with Gasteiger partial charge in [0.15, 0.2) is 0 Å². The Kier molecular flexibility index (Phi) is 4.73. The van der Waals surface area contributed by atoms with E-state index >= 15 is 0 Å². The maximum atomic E-state index is 12.7. The van der Waals surface area contributed by atoms with Crippen molar-refractivity contribution in [1.29, 1.82) is 0 Å². The van der Waals surface area contributed by atoms with Crippen LogP contribution in [0.1, 0.15) is 24.5 Å². The lowest BCUT2D eigenvalue weighted by molar-refractivity contribution is -0.115. The molecule has 0 aliphatic heterocycles. The fourth-order valence-corrected chi connectivity index (χ4v) is 3.94. The molecule has 1 aromatic heterocycles. The van der Waals surface area contributed by atoms with Crippen molar-refractivity contribution in [3.63, 3.8) is 0 Å². The fourth-order valence-electron chi connectivity index (χ4n) is 2.87. The molecule has 3 rings (SSSR count). The highest BCUT2D eigenvalue weighted by Crippen LogP contribution is 2.30. The summed E-state index contributed by atoms with van der Waals surface area (Å²) in [4.78, 5) is 14.7. The predicted molar refractivity (Wildman–Crippen MR) is 104 cm³/mol. The number of aromatic nitrogens is 1. The van der Waals surface area contributed by atoms with Gasteiger partial charge in [0.25, 0.3) is 10.0 Å². The van der Waals surface area contributed by atoms with E-state index in [1.54, 1.807) is 25.1 Å². The Morgan fingerprint density at radius 2 is 1.73 bits per heavy atom. The molecular formula is C19H21N3O3S. The first-order valence-corrected chi connectivity index (χ1v) is 9.80. The van der Waals surface area contributed by atoms with Crippen LogP contribution in [0.2, 0.25) is 0 Å². The smallest absolute Gasteiger partial charge is 0.261 e. The molecule has 0 atom stereocenters. The molecule has 2 aromatic carbocycles. The first kappa shape index (κ1) is 18.0. The van der Waals surface area contributed by atoms with Gasteiger partial charge in [-0.3, -0.25) is 9.52 Å². The van der Waals surface area contributed by atoms with Gasteiger partial charge in [0.2, 0.25) is 5.91 Å². The first-order chi connectivity index (χ1) is 12.3. The maximum Gasteiger partial charge on any atom is 0.261 e. The summed E-state index contributed by atoms with van der Waals surface area (Å²) in [6.45, 7) is 5.72. The quantitative estimate of drug-likeness (QED) is 0.634. The highest BCUT2D eigenvalue weighted by atomic mass is 32.2. The maximum absolute atomic E-state index is 12.7. The molecule has 0 saturated heterocycles. The normalized spacial score (nSPS) is 11.5. The lowest BCUT2D eigenvalue weighted by Gasteiger charge is -2.11. The molecule has 0 saturated carbocycles. The minimum atomic E-state index is -3.74. The third kappa shape index (κ3) is 3.43. The van der Waals surface area contributed by atoms with Crippen LogP contribution < -0.4 is 10.0 Å². The van der Waals surface area contributed by atoms with Crippen LogP contribution in [0, 0.1) is 13.8 Å². The topological polar surface area (TPSA) is 91.1 Å². The van der Waals surface area contributed by atoms with Crippen molar-refractivity contribution in [3.8, 4) is 0 Å². The van der Waals surface area contributed by atoms with Gasteiger partial charge >= 0.3 is 0 Å². The van der Waals surface area contributed by atoms with Crippen LogP contribution in [0.25, 0.3) is 10.9 Å². The van der Waals surface area contributed by atoms with E-state index in [-0.39, 0.29) is 10.8 Å². The highest BCUT2D eigenvalue weighted by Gasteiger charge is 2.17. The summed E-state index contributed by atoms with van der Waals surface area (Å²) in [6.07, 6.45) is 2.22. The Morgan fingerprint density at radius 3 is 2.38 bits per heavy atom. The molecule has 0 unspecified atom stereocenters. The summed E-state index contributed by atoms with van der Waals surface area (Å²) in [5.74, 6) is -0.122. The molecule has 0 bridgehead atoms. The monoisotopic (exact) mass is 371 g/mol. The minimum absolute atomic E-state index is 0.122. The van der Waals surface area contributed by atoms with E-state index in [4.69, 9.17) is 0 Å². The molecule has 7 heteroatoms. The van der Waals surface area contributed by atoms with E-state index in [1.165, 1.54) is 12.1 Å². The molecule has 6 nitrogen and oxygen atoms in total. The van der Waals surface area contributed by atoms with Crippen LogP contribution in [0.3, 0.4) is 0 Å². The SMILES string of the molecule is CCC(=O)Nc1ccc(S(=O)(=O)Nc2ccc(C)c3c(C)c[nH]c23)cc1. The summed E-state index contributed by atoms with van der Waals surface area (Å²) in [5, 5.41) is 3.71. The number of H-pyrrole nitrogens is 1. The van der Waals surface area contributed by atoms with Crippen molar-refractivity contribution < 1.29 is 13.2 Å². The second kappa shape index (κ2) is 6.84. The van der Waals surface area contributed by atoms with Gasteiger partial charge in [-0.05, 0) is 55.3 Å². The number of amides is 1. The number of anilines is 2. The van der Waals surface area contributed by atoms with E-state index in [9.17, 15) is 13.2 Å². The summed E-state index contributed by atoms with van der Waals surface area (Å²) in [5.41, 5.74) is 3.97. The Bertz CT molecular complexity index is 1070. The number of sulfonamides is 1. The first-order valence-electron chi connectivity index (χ1n) is 8.32. The number of carbonyl (C=O) groups is 1. The van der Waals surface area contributed by atoms with E-state index in [2.05, 4.69) is 15.0 Å². The van der Waals surface area contributed by atoms with Gasteiger partial charge in [0.05, 0.1) is 16.1 Å². The molecule has 3 aromatic rings. The number of hydrogen-bond acceptors (Lipinski definition) is 3. The van der Waals surface area contributed by atoms with Crippen LogP contribution in [0.5, 0.6) is 0 Å². The van der Waals surface area contributed by atoms with Crippen molar-refractivity contribution in [2.75, 3.05) is 10.0 Å². The summed E-state index contributed by atoms with van der Waals surface area (Å²) in [7, 11) is -3.74. The largest absolute Gasteiger partial charge is 0.359 e. The van der Waals surface area contributed by atoms with E-state index < -0.39 is 10.0 Å². The van der Waals surface area contributed by atoms with Crippen LogP contribution in [0.15, 0.2) is 47.5 Å². The highest BCUT2D eigenvalue weighted by molar-refractivity contribution is 7.92. The number of aryl methyl sites for hydroxylation is 2. The number of benzene rings is 2. The lowest BCUT2D eigenvalue weighted by Crippen LogP contribution is -2.14. The zero-order valence-electron chi connectivity index (χ0n) is 14.9. The molecule has 1 heterocycles. The standard InChI is InChI=1S/C19H21N3O3S/c1-4-17(23)21-14-6-8-15(9-7-14)26(24,25)22-16-10-5-12(2)18-13(3)11-20-19(16)18/h5-11,20,22H,4H2,1-3H3,(H,21,23). The Labute approximate surface area is 152 Å². The van der Waals surface area contributed by atoms with Crippen LogP contribution in [0.4, 0.5) is 11.4 Å². The van der Waals surface area contributed by atoms with Crippen LogP contribution in [-0.2, 0) is 14.8 Å². The second-order valence-electron chi connectivity index (χ2n) is 6.18. The fraction of sp³-hybridized carbons (Fsp3) is 0.211. The van der Waals surface area contributed by atoms with Crippen LogP contribution in [-0.4, -0.2) is 19.3 Å². The molecule has 0 aliphatic rings. The summed E-state index contributed by atoms with van der Waals surface area (Å²) < 4.78 is 28.1. The molecule has 0 spiro atoms. The van der Waals surface area contributed by atoms with Gasteiger partial charge in [0.1, 0.15) is 0 Å². The van der Waals surface area contributed by atoms with Gasteiger partial charge in [-0.1, -0.05) is 13.0 Å². The number of fused-ring (bicyclic) bond motifs is 1. The Hall–Kier alpha value is -2.80. The third-order valence-corrected chi connectivity index (χ3v) is 5.64. The van der Waals surface area contributed by atoms with Gasteiger partial charge in [0, 0.05) is 23.7 Å². The molecule has 136 valence electrons. The molecule has 0 aliphatic carbocycles. The molecule has 1 amide bonds. The number of rotatable bonds is 5. The molecule has 0 fully saturated rings. The summed E-state index contributed by atoms with van der Waals surface area (Å²) >= 11 is 0. The lowest BCUT2D eigenvalue weighted by atomic mass is 10.1. The predicted octanol–water partition coefficient (Wildman–Crippen LogP) is 3.93. The molecule has 3 N–H and O–H groups in total. The number of nitrogens with one attached hydrogen (secondary N) is 3. The van der Waals surface area contributed by atoms with Gasteiger partial charge in [-0.25, -0.2) is 8.42 Å². The molecular weight excluding hydrogens is 350 g/mol. The van der Waals surface area contributed by atoms with Crippen molar-refractivity contribution >= 4 is 38.2 Å². The summed E-state index contributed by atoms with van der Waals surface area (Å²) in [6, 6.07) is 9.74. The zero-order valence-corrected chi connectivity index (χ0v) is 15.7.